The van der Waals surface area contributed by atoms with E-state index in [-0.39, 0.29) is 17.8 Å². The third-order valence-corrected chi connectivity index (χ3v) is 4.82. The molecule has 1 fully saturated rings. The van der Waals surface area contributed by atoms with Gasteiger partial charge >= 0.3 is 6.03 Å². The molecule has 0 spiro atoms. The largest absolute Gasteiger partial charge is 0.467 e. The van der Waals surface area contributed by atoms with Gasteiger partial charge in [0, 0.05) is 16.5 Å². The molecule has 2 aliphatic rings. The van der Waals surface area contributed by atoms with E-state index >= 15 is 0 Å². The van der Waals surface area contributed by atoms with Crippen molar-refractivity contribution in [3.05, 3.63) is 58.3 Å². The first-order valence-electron chi connectivity index (χ1n) is 7.32. The Morgan fingerprint density at radius 3 is 2.91 bits per heavy atom. The summed E-state index contributed by atoms with van der Waals surface area (Å²) in [5, 5.41) is 2.95. The fraction of sp³-hybridized carbons (Fsp3) is 0.235. The van der Waals surface area contributed by atoms with Crippen LogP contribution >= 0.6 is 15.9 Å². The molecule has 0 aromatic heterocycles. The Hall–Kier alpha value is -2.08. The van der Waals surface area contributed by atoms with E-state index in [1.807, 2.05) is 25.1 Å². The number of ether oxygens (including phenoxy) is 1. The minimum atomic E-state index is -0.935. The van der Waals surface area contributed by atoms with Crippen LogP contribution in [0.4, 0.5) is 14.9 Å². The molecule has 2 aliphatic heterocycles. The van der Waals surface area contributed by atoms with E-state index in [4.69, 9.17) is 4.74 Å². The van der Waals surface area contributed by atoms with Gasteiger partial charge in [0.15, 0.2) is 5.72 Å². The summed E-state index contributed by atoms with van der Waals surface area (Å²) in [7, 11) is 0. The predicted molar refractivity (Wildman–Crippen MR) is 87.9 cm³/mol. The van der Waals surface area contributed by atoms with Crippen molar-refractivity contribution >= 4 is 27.6 Å². The molecule has 2 atom stereocenters. The first-order chi connectivity index (χ1) is 11.0. The van der Waals surface area contributed by atoms with Crippen molar-refractivity contribution in [2.45, 2.75) is 25.1 Å². The molecule has 4 nitrogen and oxygen atoms in total. The van der Waals surface area contributed by atoms with Crippen molar-refractivity contribution in [1.29, 1.82) is 0 Å². The summed E-state index contributed by atoms with van der Waals surface area (Å²) in [6, 6.07) is 11.4. The van der Waals surface area contributed by atoms with Gasteiger partial charge in [-0.1, -0.05) is 28.1 Å². The lowest BCUT2D eigenvalue weighted by Gasteiger charge is -2.50. The van der Waals surface area contributed by atoms with Gasteiger partial charge in [-0.2, -0.15) is 0 Å². The van der Waals surface area contributed by atoms with Gasteiger partial charge in [-0.15, -0.1) is 0 Å². The minimum absolute atomic E-state index is 0.156. The Kier molecular flexibility index (Phi) is 3.13. The van der Waals surface area contributed by atoms with E-state index in [1.54, 1.807) is 18.2 Å². The lowest BCUT2D eigenvalue weighted by molar-refractivity contribution is 0.0373. The number of nitrogens with zero attached hydrogens (tertiary/aromatic N) is 1. The molecule has 118 valence electrons. The van der Waals surface area contributed by atoms with Crippen molar-refractivity contribution in [3.63, 3.8) is 0 Å². The van der Waals surface area contributed by atoms with E-state index in [0.717, 1.165) is 10.0 Å². The number of fused-ring (bicyclic) bond motifs is 4. The van der Waals surface area contributed by atoms with Gasteiger partial charge in [-0.3, -0.25) is 4.90 Å². The molecule has 2 amide bonds. The van der Waals surface area contributed by atoms with Gasteiger partial charge in [0.1, 0.15) is 11.6 Å². The number of rotatable bonds is 1. The van der Waals surface area contributed by atoms with Gasteiger partial charge in [0.05, 0.1) is 11.7 Å². The van der Waals surface area contributed by atoms with Crippen LogP contribution in [0.2, 0.25) is 0 Å². The number of nitrogens with one attached hydrogen (secondary N) is 1. The molecule has 0 unspecified atom stereocenters. The lowest BCUT2D eigenvalue weighted by Crippen LogP contribution is -2.65. The minimum Gasteiger partial charge on any atom is -0.467 e. The number of urea groups is 1. The molecule has 2 heterocycles. The number of hydrogen-bond donors (Lipinski definition) is 1. The summed E-state index contributed by atoms with van der Waals surface area (Å²) in [5.74, 6) is 0.251. The highest BCUT2D eigenvalue weighted by Gasteiger charge is 2.50. The summed E-state index contributed by atoms with van der Waals surface area (Å²) in [6.45, 7) is 1.82. The number of amides is 2. The van der Waals surface area contributed by atoms with Crippen LogP contribution in [0.25, 0.3) is 0 Å². The summed E-state index contributed by atoms with van der Waals surface area (Å²) in [6.07, 6.45) is 0.538. The molecule has 2 aromatic rings. The number of halogens is 2. The summed E-state index contributed by atoms with van der Waals surface area (Å²) >= 11 is 3.44. The van der Waals surface area contributed by atoms with Gasteiger partial charge < -0.3 is 10.1 Å². The van der Waals surface area contributed by atoms with Crippen molar-refractivity contribution in [3.8, 4) is 5.75 Å². The number of hydrogen-bond acceptors (Lipinski definition) is 2. The summed E-state index contributed by atoms with van der Waals surface area (Å²) in [4.78, 5) is 14.0. The van der Waals surface area contributed by atoms with Gasteiger partial charge in [0.25, 0.3) is 0 Å². The van der Waals surface area contributed by atoms with Crippen LogP contribution in [0, 0.1) is 5.82 Å². The second-order valence-electron chi connectivity index (χ2n) is 5.95. The fourth-order valence-corrected chi connectivity index (χ4v) is 3.72. The molecule has 0 radical (unpaired) electrons. The molecule has 4 rings (SSSR count). The molecule has 1 saturated heterocycles. The number of carbonyl (C=O) groups excluding carboxylic acids is 1. The topological polar surface area (TPSA) is 41.6 Å². The van der Waals surface area contributed by atoms with E-state index in [1.165, 1.54) is 11.0 Å². The first-order valence-corrected chi connectivity index (χ1v) is 8.11. The number of anilines is 1. The van der Waals surface area contributed by atoms with Crippen LogP contribution in [0.15, 0.2) is 46.9 Å². The van der Waals surface area contributed by atoms with Crippen LogP contribution in [0.3, 0.4) is 0 Å². The van der Waals surface area contributed by atoms with Crippen molar-refractivity contribution in [2.75, 3.05) is 4.90 Å². The summed E-state index contributed by atoms with van der Waals surface area (Å²) in [5.41, 5.74) is 0.209. The Balaban J connectivity index is 1.83. The SMILES string of the molecule is C[C@@]12C[C@@H](NC(=O)N1c1ccccc1F)c1cc(Br)ccc1O2. The number of benzene rings is 2. The van der Waals surface area contributed by atoms with E-state index in [9.17, 15) is 9.18 Å². The third-order valence-electron chi connectivity index (χ3n) is 4.33. The molecule has 0 saturated carbocycles. The maximum atomic E-state index is 14.2. The molecule has 23 heavy (non-hydrogen) atoms. The van der Waals surface area contributed by atoms with Crippen molar-refractivity contribution in [1.82, 2.24) is 5.32 Å². The van der Waals surface area contributed by atoms with Gasteiger partial charge in [-0.25, -0.2) is 9.18 Å². The second kappa shape index (κ2) is 4.96. The Labute approximate surface area is 141 Å². The van der Waals surface area contributed by atoms with Crippen LogP contribution in [0.1, 0.15) is 24.9 Å². The maximum absolute atomic E-state index is 14.2. The van der Waals surface area contributed by atoms with Crippen LogP contribution < -0.4 is 15.0 Å². The van der Waals surface area contributed by atoms with Gasteiger partial charge in [-0.05, 0) is 37.3 Å². The van der Waals surface area contributed by atoms with Crippen molar-refractivity contribution in [2.24, 2.45) is 0 Å². The highest BCUT2D eigenvalue weighted by atomic mass is 79.9. The van der Waals surface area contributed by atoms with Crippen LogP contribution in [0.5, 0.6) is 5.75 Å². The maximum Gasteiger partial charge on any atom is 0.325 e. The molecule has 1 N–H and O–H groups in total. The highest BCUT2D eigenvalue weighted by molar-refractivity contribution is 9.10. The zero-order valence-corrected chi connectivity index (χ0v) is 13.9. The zero-order chi connectivity index (χ0) is 16.2. The molecule has 6 heteroatoms. The second-order valence-corrected chi connectivity index (χ2v) is 6.87. The van der Waals surface area contributed by atoms with Gasteiger partial charge in [0.2, 0.25) is 0 Å². The average Bonchev–Trinajstić information content (AvgIpc) is 2.49. The monoisotopic (exact) mass is 376 g/mol. The molecule has 0 aliphatic carbocycles. The molecular weight excluding hydrogens is 363 g/mol. The smallest absolute Gasteiger partial charge is 0.325 e. The standard InChI is InChI=1S/C17H14BrFN2O2/c1-17-9-13(11-8-10(18)6-7-15(11)23-17)20-16(22)21(17)14-5-3-2-4-12(14)19/h2-8,13H,9H2,1H3,(H,20,22)/t13-,17-/m1/s1. The van der Waals surface area contributed by atoms with Crippen molar-refractivity contribution < 1.29 is 13.9 Å². The Morgan fingerprint density at radius 2 is 2.13 bits per heavy atom. The van der Waals surface area contributed by atoms with E-state index < -0.39 is 11.5 Å². The molecular formula is C17H14BrFN2O2. The third kappa shape index (κ3) is 2.20. The first kappa shape index (κ1) is 14.5. The quantitative estimate of drug-likeness (QED) is 0.803. The van der Waals surface area contributed by atoms with E-state index in [2.05, 4.69) is 21.2 Å². The van der Waals surface area contributed by atoms with Crippen LogP contribution in [-0.2, 0) is 0 Å². The highest BCUT2D eigenvalue weighted by Crippen LogP contribution is 2.46. The fourth-order valence-electron chi connectivity index (χ4n) is 3.34. The Bertz CT molecular complexity index is 813. The van der Waals surface area contributed by atoms with Crippen LogP contribution in [-0.4, -0.2) is 11.8 Å². The molecule has 2 aromatic carbocycles. The zero-order valence-electron chi connectivity index (χ0n) is 12.3. The van der Waals surface area contributed by atoms with E-state index in [0.29, 0.717) is 12.2 Å². The predicted octanol–water partition coefficient (Wildman–Crippen LogP) is 4.36. The number of para-hydroxylation sites is 1. The Morgan fingerprint density at radius 1 is 1.35 bits per heavy atom. The summed E-state index contributed by atoms with van der Waals surface area (Å²) < 4.78 is 21.2. The molecule has 2 bridgehead atoms. The lowest BCUT2D eigenvalue weighted by atomic mass is 9.90. The number of carbonyl (C=O) groups is 1. The average molecular weight is 377 g/mol. The normalized spacial score (nSPS) is 25.4.